The highest BCUT2D eigenvalue weighted by Gasteiger charge is 2.26. The molecule has 2 aromatic carbocycles. The molecule has 0 fully saturated rings. The molecular formula is C16H17N3O5S. The van der Waals surface area contributed by atoms with E-state index in [1.165, 1.54) is 12.1 Å². The molecule has 2 N–H and O–H groups in total. The van der Waals surface area contributed by atoms with Crippen LogP contribution in [-0.2, 0) is 23.0 Å². The summed E-state index contributed by atoms with van der Waals surface area (Å²) >= 11 is 0. The lowest BCUT2D eigenvalue weighted by Crippen LogP contribution is -2.32. The number of benzene rings is 2. The lowest BCUT2D eigenvalue weighted by Gasteiger charge is -2.32. The number of anilines is 1. The van der Waals surface area contributed by atoms with Gasteiger partial charge in [-0.25, -0.2) is 13.6 Å². The van der Waals surface area contributed by atoms with E-state index >= 15 is 0 Å². The molecule has 0 amide bonds. The molecule has 2 aromatic rings. The molecular weight excluding hydrogens is 346 g/mol. The van der Waals surface area contributed by atoms with E-state index in [-0.39, 0.29) is 10.6 Å². The minimum absolute atomic E-state index is 0.243. The van der Waals surface area contributed by atoms with Crippen molar-refractivity contribution in [2.24, 2.45) is 5.14 Å². The number of hydrogen-bond donors (Lipinski definition) is 1. The van der Waals surface area contributed by atoms with Crippen molar-refractivity contribution in [3.8, 4) is 5.75 Å². The summed E-state index contributed by atoms with van der Waals surface area (Å²) < 4.78 is 29.2. The molecule has 132 valence electrons. The van der Waals surface area contributed by atoms with Gasteiger partial charge in [0.2, 0.25) is 10.0 Å². The van der Waals surface area contributed by atoms with Gasteiger partial charge in [0, 0.05) is 30.8 Å². The number of ether oxygens (including phenoxy) is 1. The number of methoxy groups -OCH3 is 1. The second-order valence-corrected chi connectivity index (χ2v) is 7.25. The van der Waals surface area contributed by atoms with Gasteiger partial charge in [-0.2, -0.15) is 0 Å². The fourth-order valence-electron chi connectivity index (χ4n) is 3.08. The zero-order chi connectivity index (χ0) is 18.2. The molecule has 0 spiro atoms. The molecule has 0 unspecified atom stereocenters. The van der Waals surface area contributed by atoms with Crippen LogP contribution in [0.1, 0.15) is 11.1 Å². The molecule has 3 rings (SSSR count). The molecule has 1 heterocycles. The second kappa shape index (κ2) is 6.34. The van der Waals surface area contributed by atoms with Crippen molar-refractivity contribution < 1.29 is 18.1 Å². The van der Waals surface area contributed by atoms with Gasteiger partial charge in [0.1, 0.15) is 10.6 Å². The maximum atomic E-state index is 11.9. The molecule has 0 saturated heterocycles. The molecule has 1 aliphatic rings. The van der Waals surface area contributed by atoms with Gasteiger partial charge in [-0.1, -0.05) is 12.1 Å². The Kier molecular flexibility index (Phi) is 4.36. The highest BCUT2D eigenvalue weighted by molar-refractivity contribution is 7.89. The molecule has 1 aliphatic heterocycles. The average molecular weight is 363 g/mol. The van der Waals surface area contributed by atoms with Gasteiger partial charge in [0.05, 0.1) is 17.7 Å². The maximum Gasteiger partial charge on any atom is 0.270 e. The van der Waals surface area contributed by atoms with Gasteiger partial charge in [-0.3, -0.25) is 10.1 Å². The first-order chi connectivity index (χ1) is 11.8. The third-order valence-electron chi connectivity index (χ3n) is 4.24. The van der Waals surface area contributed by atoms with Crippen molar-refractivity contribution in [3.63, 3.8) is 0 Å². The van der Waals surface area contributed by atoms with E-state index in [0.717, 1.165) is 22.9 Å². The third kappa shape index (κ3) is 3.28. The molecule has 8 nitrogen and oxygen atoms in total. The zero-order valence-electron chi connectivity index (χ0n) is 13.5. The number of primary sulfonamides is 1. The second-order valence-electron chi connectivity index (χ2n) is 5.72. The number of nitro benzene ring substituents is 1. The quantitative estimate of drug-likeness (QED) is 0.654. The Morgan fingerprint density at radius 1 is 1.28 bits per heavy atom. The van der Waals surface area contributed by atoms with Crippen LogP contribution in [0.15, 0.2) is 41.3 Å². The maximum absolute atomic E-state index is 11.9. The van der Waals surface area contributed by atoms with Crippen LogP contribution >= 0.6 is 0 Å². The number of non-ortho nitro benzene ring substituents is 1. The lowest BCUT2D eigenvalue weighted by molar-refractivity contribution is -0.385. The van der Waals surface area contributed by atoms with Crippen molar-refractivity contribution in [2.75, 3.05) is 18.6 Å². The van der Waals surface area contributed by atoms with Crippen LogP contribution in [0.25, 0.3) is 0 Å². The van der Waals surface area contributed by atoms with Crippen molar-refractivity contribution in [3.05, 3.63) is 57.6 Å². The molecule has 0 radical (unpaired) electrons. The van der Waals surface area contributed by atoms with E-state index in [2.05, 4.69) is 0 Å². The fraction of sp³-hybridized carbons (Fsp3) is 0.250. The van der Waals surface area contributed by atoms with Gasteiger partial charge >= 0.3 is 0 Å². The number of fused-ring (bicyclic) bond motifs is 1. The Bertz CT molecular complexity index is 943. The Hall–Kier alpha value is -2.65. The van der Waals surface area contributed by atoms with Crippen LogP contribution in [0, 0.1) is 10.1 Å². The van der Waals surface area contributed by atoms with Gasteiger partial charge in [0.15, 0.2) is 0 Å². The summed E-state index contributed by atoms with van der Waals surface area (Å²) in [7, 11) is -2.49. The number of hydrogen-bond acceptors (Lipinski definition) is 6. The Morgan fingerprint density at radius 3 is 2.68 bits per heavy atom. The number of sulfonamides is 1. The van der Waals surface area contributed by atoms with E-state index in [0.29, 0.717) is 25.2 Å². The first-order valence-corrected chi connectivity index (χ1v) is 9.07. The zero-order valence-corrected chi connectivity index (χ0v) is 14.3. The summed E-state index contributed by atoms with van der Waals surface area (Å²) in [5, 5.41) is 16.2. The van der Waals surface area contributed by atoms with Gasteiger partial charge in [-0.05, 0) is 24.1 Å². The topological polar surface area (TPSA) is 116 Å². The van der Waals surface area contributed by atoms with E-state index in [1.54, 1.807) is 7.11 Å². The fourth-order valence-corrected chi connectivity index (χ4v) is 3.85. The number of rotatable bonds is 4. The molecule has 9 heteroatoms. The first kappa shape index (κ1) is 17.2. The van der Waals surface area contributed by atoms with Crippen molar-refractivity contribution in [1.29, 1.82) is 0 Å². The largest absolute Gasteiger partial charge is 0.496 e. The molecule has 25 heavy (non-hydrogen) atoms. The summed E-state index contributed by atoms with van der Waals surface area (Å²) in [6, 6.07) is 9.43. The van der Waals surface area contributed by atoms with Crippen LogP contribution in [-0.4, -0.2) is 27.0 Å². The number of nitrogens with zero attached hydrogens (tertiary/aromatic N) is 2. The summed E-state index contributed by atoms with van der Waals surface area (Å²) in [5.74, 6) is 0.799. The lowest BCUT2D eigenvalue weighted by atomic mass is 9.98. The smallest absolute Gasteiger partial charge is 0.270 e. The number of nitrogens with two attached hydrogens (primary N) is 1. The number of nitro groups is 1. The standard InChI is InChI=1S/C16H17N3O5S/c1-24-15-4-2-3-11-10-18(8-7-13(11)15)14-6-5-12(19(20)21)9-16(14)25(17,22)23/h2-6,9H,7-8,10H2,1H3,(H2,17,22,23). The van der Waals surface area contributed by atoms with E-state index in [9.17, 15) is 18.5 Å². The molecule has 0 aromatic heterocycles. The molecule has 0 saturated carbocycles. The minimum Gasteiger partial charge on any atom is -0.496 e. The Balaban J connectivity index is 2.04. The first-order valence-electron chi connectivity index (χ1n) is 7.52. The minimum atomic E-state index is -4.10. The predicted molar refractivity (Wildman–Crippen MR) is 92.2 cm³/mol. The normalized spacial score (nSPS) is 14.1. The SMILES string of the molecule is COc1cccc2c1CCN(c1ccc([N+](=O)[O-])cc1S(N)(=O)=O)C2. The van der Waals surface area contributed by atoms with Crippen LogP contribution in [0.4, 0.5) is 11.4 Å². The Morgan fingerprint density at radius 2 is 2.04 bits per heavy atom. The summed E-state index contributed by atoms with van der Waals surface area (Å²) in [4.78, 5) is 11.9. The molecule has 0 atom stereocenters. The highest BCUT2D eigenvalue weighted by atomic mass is 32.2. The monoisotopic (exact) mass is 363 g/mol. The van der Waals surface area contributed by atoms with Crippen LogP contribution in [0.3, 0.4) is 0 Å². The summed E-state index contributed by atoms with van der Waals surface area (Å²) in [5.41, 5.74) is 2.15. The van der Waals surface area contributed by atoms with Crippen LogP contribution < -0.4 is 14.8 Å². The summed E-state index contributed by atoms with van der Waals surface area (Å²) in [6.07, 6.45) is 0.667. The average Bonchev–Trinajstić information content (AvgIpc) is 2.59. The van der Waals surface area contributed by atoms with Gasteiger partial charge in [0.25, 0.3) is 5.69 Å². The van der Waals surface area contributed by atoms with Crippen molar-refractivity contribution in [2.45, 2.75) is 17.9 Å². The summed E-state index contributed by atoms with van der Waals surface area (Å²) in [6.45, 7) is 1.01. The predicted octanol–water partition coefficient (Wildman–Crippen LogP) is 1.81. The van der Waals surface area contributed by atoms with Crippen molar-refractivity contribution in [1.82, 2.24) is 0 Å². The molecule has 0 bridgehead atoms. The van der Waals surface area contributed by atoms with Crippen molar-refractivity contribution >= 4 is 21.4 Å². The van der Waals surface area contributed by atoms with Crippen LogP contribution in [0.5, 0.6) is 5.75 Å². The third-order valence-corrected chi connectivity index (χ3v) is 5.18. The van der Waals surface area contributed by atoms with E-state index in [4.69, 9.17) is 9.88 Å². The van der Waals surface area contributed by atoms with E-state index < -0.39 is 14.9 Å². The van der Waals surface area contributed by atoms with Crippen LogP contribution in [0.2, 0.25) is 0 Å². The molecule has 0 aliphatic carbocycles. The van der Waals surface area contributed by atoms with Gasteiger partial charge < -0.3 is 9.64 Å². The van der Waals surface area contributed by atoms with Gasteiger partial charge in [-0.15, -0.1) is 0 Å². The Labute approximate surface area is 145 Å². The highest BCUT2D eigenvalue weighted by Crippen LogP contribution is 2.34. The van der Waals surface area contributed by atoms with E-state index in [1.807, 2.05) is 23.1 Å².